The minimum Gasteiger partial charge on any atom is -0.457 e. The van der Waals surface area contributed by atoms with E-state index in [4.69, 9.17) is 14.2 Å². The number of nitrogens with one attached hydrogen (secondary N) is 1. The van der Waals surface area contributed by atoms with E-state index in [0.717, 1.165) is 62.6 Å². The predicted molar refractivity (Wildman–Crippen MR) is 200 cm³/mol. The maximum Gasteiger partial charge on any atom is 0.416 e. The van der Waals surface area contributed by atoms with Gasteiger partial charge in [0.25, 0.3) is 5.91 Å². The number of ketones is 1. The van der Waals surface area contributed by atoms with E-state index in [9.17, 15) is 22.8 Å². The number of hydrogen-bond donors (Lipinski definition) is 1. The summed E-state index contributed by atoms with van der Waals surface area (Å²) >= 11 is 0. The molecule has 2 aliphatic carbocycles. The molecule has 1 saturated carbocycles. The second-order valence-electron chi connectivity index (χ2n) is 15.2. The Labute approximate surface area is 310 Å². The molecular formula is C44H52F3NO5. The average Bonchev–Trinajstić information content (AvgIpc) is 3.30. The quantitative estimate of drug-likeness (QED) is 0.200. The van der Waals surface area contributed by atoms with Crippen molar-refractivity contribution < 1.29 is 37.0 Å². The number of ether oxygens (including phenoxy) is 3. The van der Waals surface area contributed by atoms with Gasteiger partial charge >= 0.3 is 6.18 Å². The molecule has 9 heteroatoms. The molecule has 0 radical (unpaired) electrons. The third-order valence-electron chi connectivity index (χ3n) is 11.4. The monoisotopic (exact) mass is 731 g/mol. The molecule has 5 atom stereocenters. The zero-order chi connectivity index (χ0) is 37.4. The molecule has 3 aromatic rings. The molecule has 3 aromatic carbocycles. The van der Waals surface area contributed by atoms with Gasteiger partial charge in [-0.1, -0.05) is 57.2 Å². The van der Waals surface area contributed by atoms with E-state index < -0.39 is 11.7 Å². The molecule has 1 N–H and O–H groups in total. The van der Waals surface area contributed by atoms with Gasteiger partial charge in [0.2, 0.25) is 0 Å². The lowest BCUT2D eigenvalue weighted by molar-refractivity contribution is -0.137. The van der Waals surface area contributed by atoms with Crippen LogP contribution >= 0.6 is 0 Å². The van der Waals surface area contributed by atoms with E-state index in [0.29, 0.717) is 79.1 Å². The summed E-state index contributed by atoms with van der Waals surface area (Å²) in [4.78, 5) is 26.5. The second kappa shape index (κ2) is 17.9. The molecule has 1 saturated heterocycles. The highest BCUT2D eigenvalue weighted by atomic mass is 19.4. The molecule has 1 amide bonds. The molecule has 1 heterocycles. The van der Waals surface area contributed by atoms with Crippen LogP contribution in [-0.4, -0.2) is 44.2 Å². The standard InChI is InChI=1S/C44H52F3NO5/c1-29-7-11-33-15-22-40(43(50)48-27-39-28-51-23-24-52-39)30(2)41(33)26-35(29)12-10-31-5-3-4-6-32(9-8-31)25-42(49)34-13-18-37(19-14-34)53-38-20-16-36(17-21-38)44(45,46)47/h11,13-22,26,29,31-32,35,39H,3-10,12,23-25,27-28H2,1-2H3,(H,48,50). The highest BCUT2D eigenvalue weighted by Gasteiger charge is 2.30. The third kappa shape index (κ3) is 10.6. The zero-order valence-corrected chi connectivity index (χ0v) is 30.9. The van der Waals surface area contributed by atoms with Crippen LogP contribution in [0.2, 0.25) is 0 Å². The number of carbonyl (C=O) groups excluding carboxylic acids is 2. The van der Waals surface area contributed by atoms with Crippen molar-refractivity contribution >= 4 is 23.8 Å². The predicted octanol–water partition coefficient (Wildman–Crippen LogP) is 8.81. The fraction of sp³-hybridized carbons (Fsp3) is 0.500. The van der Waals surface area contributed by atoms with Gasteiger partial charge in [-0.05, 0) is 127 Å². The van der Waals surface area contributed by atoms with Crippen LogP contribution in [0.1, 0.15) is 103 Å². The molecule has 0 aromatic heterocycles. The van der Waals surface area contributed by atoms with Crippen LogP contribution < -0.4 is 20.5 Å². The van der Waals surface area contributed by atoms with Crippen LogP contribution in [0.15, 0.2) is 60.7 Å². The first-order valence-electron chi connectivity index (χ1n) is 19.3. The molecule has 2 fully saturated rings. The maximum atomic E-state index is 13.3. The largest absolute Gasteiger partial charge is 0.457 e. The fourth-order valence-electron chi connectivity index (χ4n) is 8.07. The summed E-state index contributed by atoms with van der Waals surface area (Å²) in [6.45, 7) is 6.48. The van der Waals surface area contributed by atoms with E-state index in [-0.39, 0.29) is 17.8 Å². The molecular weight excluding hydrogens is 679 g/mol. The summed E-state index contributed by atoms with van der Waals surface area (Å²) in [5, 5.41) is 5.44. The third-order valence-corrected chi connectivity index (χ3v) is 11.4. The van der Waals surface area contributed by atoms with Crippen LogP contribution in [0, 0.1) is 30.6 Å². The molecule has 0 spiro atoms. The van der Waals surface area contributed by atoms with Crippen molar-refractivity contribution in [3.63, 3.8) is 0 Å². The number of carbonyl (C=O) groups is 2. The first kappa shape index (κ1) is 38.8. The SMILES string of the molecule is Cc1c(C(=O)NCC2COCCO2)ccc2c1=CC(CCC1CCCCC(CC(=O)c3ccc(Oc4ccc(C(F)(F)F)cc4)cc3)CC1)C(C)CC=2. The lowest BCUT2D eigenvalue weighted by Gasteiger charge is -2.27. The average molecular weight is 732 g/mol. The normalized spacial score (nSPS) is 23.6. The molecule has 0 bridgehead atoms. The van der Waals surface area contributed by atoms with Gasteiger partial charge in [-0.3, -0.25) is 9.59 Å². The topological polar surface area (TPSA) is 73.9 Å². The Hall–Kier alpha value is -3.95. The number of hydrogen-bond acceptors (Lipinski definition) is 5. The smallest absolute Gasteiger partial charge is 0.416 e. The Morgan fingerprint density at radius 3 is 2.26 bits per heavy atom. The highest BCUT2D eigenvalue weighted by molar-refractivity contribution is 5.96. The molecule has 53 heavy (non-hydrogen) atoms. The molecule has 1 aliphatic heterocycles. The number of Topliss-reactive ketones (excluding diaryl/α,β-unsaturated/α-hetero) is 1. The van der Waals surface area contributed by atoms with Crippen LogP contribution in [0.3, 0.4) is 0 Å². The number of fused-ring (bicyclic) bond motifs is 1. The van der Waals surface area contributed by atoms with Crippen LogP contribution in [-0.2, 0) is 15.7 Å². The van der Waals surface area contributed by atoms with Crippen molar-refractivity contribution in [2.24, 2.45) is 23.7 Å². The highest BCUT2D eigenvalue weighted by Crippen LogP contribution is 2.35. The molecule has 284 valence electrons. The summed E-state index contributed by atoms with van der Waals surface area (Å²) < 4.78 is 55.5. The van der Waals surface area contributed by atoms with Crippen molar-refractivity contribution in [1.29, 1.82) is 0 Å². The summed E-state index contributed by atoms with van der Waals surface area (Å²) in [6, 6.07) is 15.5. The molecule has 6 rings (SSSR count). The van der Waals surface area contributed by atoms with Gasteiger partial charge in [0, 0.05) is 24.1 Å². The van der Waals surface area contributed by atoms with Crippen LogP contribution in [0.25, 0.3) is 12.2 Å². The van der Waals surface area contributed by atoms with Gasteiger partial charge in [0.1, 0.15) is 11.5 Å². The van der Waals surface area contributed by atoms with Gasteiger partial charge in [0.05, 0.1) is 31.5 Å². The maximum absolute atomic E-state index is 13.3. The Morgan fingerprint density at radius 2 is 1.57 bits per heavy atom. The minimum absolute atomic E-state index is 0.0769. The summed E-state index contributed by atoms with van der Waals surface area (Å²) in [5.74, 6) is 2.72. The molecule has 3 aliphatic rings. The Kier molecular flexibility index (Phi) is 13.1. The second-order valence-corrected chi connectivity index (χ2v) is 15.2. The van der Waals surface area contributed by atoms with Crippen LogP contribution in [0.5, 0.6) is 11.5 Å². The van der Waals surface area contributed by atoms with E-state index in [2.05, 4.69) is 37.4 Å². The van der Waals surface area contributed by atoms with Gasteiger partial charge in [-0.2, -0.15) is 13.2 Å². The van der Waals surface area contributed by atoms with Crippen molar-refractivity contribution in [2.75, 3.05) is 26.4 Å². The van der Waals surface area contributed by atoms with Crippen molar-refractivity contribution in [2.45, 2.75) is 90.3 Å². The number of benzene rings is 3. The van der Waals surface area contributed by atoms with Gasteiger partial charge in [-0.15, -0.1) is 0 Å². The number of amides is 1. The van der Waals surface area contributed by atoms with E-state index in [1.165, 1.54) is 35.4 Å². The lowest BCUT2D eigenvalue weighted by Crippen LogP contribution is -2.40. The fourth-order valence-corrected chi connectivity index (χ4v) is 8.07. The zero-order valence-electron chi connectivity index (χ0n) is 30.9. The number of alkyl halides is 3. The molecule has 5 unspecified atom stereocenters. The first-order valence-corrected chi connectivity index (χ1v) is 19.3. The molecule has 6 nitrogen and oxygen atoms in total. The summed E-state index contributed by atoms with van der Waals surface area (Å²) in [7, 11) is 0. The van der Waals surface area contributed by atoms with E-state index >= 15 is 0 Å². The minimum atomic E-state index is -4.40. The summed E-state index contributed by atoms with van der Waals surface area (Å²) in [6.07, 6.45) is 10.8. The first-order chi connectivity index (χ1) is 25.5. The lowest BCUT2D eigenvalue weighted by atomic mass is 9.78. The number of halogens is 3. The van der Waals surface area contributed by atoms with Gasteiger partial charge in [-0.25, -0.2) is 0 Å². The Morgan fingerprint density at radius 1 is 0.868 bits per heavy atom. The summed E-state index contributed by atoms with van der Waals surface area (Å²) in [5.41, 5.74) is 1.63. The Balaban J connectivity index is 1.01. The van der Waals surface area contributed by atoms with Crippen molar-refractivity contribution in [3.05, 3.63) is 93.4 Å². The van der Waals surface area contributed by atoms with E-state index in [1.807, 2.05) is 6.07 Å². The number of rotatable bonds is 11. The van der Waals surface area contributed by atoms with Gasteiger partial charge in [0.15, 0.2) is 5.78 Å². The van der Waals surface area contributed by atoms with Gasteiger partial charge < -0.3 is 19.5 Å². The van der Waals surface area contributed by atoms with Crippen molar-refractivity contribution in [1.82, 2.24) is 5.32 Å². The van der Waals surface area contributed by atoms with Crippen molar-refractivity contribution in [3.8, 4) is 11.5 Å². The van der Waals surface area contributed by atoms with Crippen LogP contribution in [0.4, 0.5) is 13.2 Å². The van der Waals surface area contributed by atoms with E-state index in [1.54, 1.807) is 24.3 Å². The Bertz CT molecular complexity index is 1820.